The van der Waals surface area contributed by atoms with Crippen molar-refractivity contribution in [1.82, 2.24) is 15.6 Å². The lowest BCUT2D eigenvalue weighted by atomic mass is 10.2. The van der Waals surface area contributed by atoms with Crippen LogP contribution in [0.4, 0.5) is 15.8 Å². The number of nitrogens with one attached hydrogen (secondary N) is 1. The molecule has 30 heavy (non-hydrogen) atoms. The molecule has 1 amide bonds. The van der Waals surface area contributed by atoms with E-state index in [1.807, 2.05) is 60.7 Å². The number of para-hydroxylation sites is 2. The Morgan fingerprint density at radius 3 is 2.13 bits per heavy atom. The van der Waals surface area contributed by atoms with Crippen LogP contribution in [0, 0.1) is 5.82 Å². The van der Waals surface area contributed by atoms with E-state index in [1.165, 1.54) is 6.07 Å². The number of halogens is 1. The monoisotopic (exact) mass is 420 g/mol. The normalized spacial score (nSPS) is 10.6. The average molecular weight is 420 g/mol. The van der Waals surface area contributed by atoms with E-state index in [2.05, 4.69) is 15.6 Å². The Morgan fingerprint density at radius 1 is 0.900 bits per heavy atom. The number of aromatic nitrogens is 2. The summed E-state index contributed by atoms with van der Waals surface area (Å²) >= 11 is 1.08. The summed E-state index contributed by atoms with van der Waals surface area (Å²) in [5.41, 5.74) is 4.76. The van der Waals surface area contributed by atoms with Crippen molar-refractivity contribution in [3.05, 3.63) is 90.7 Å². The Balaban J connectivity index is 1.43. The van der Waals surface area contributed by atoms with Gasteiger partial charge in [0.2, 0.25) is 5.91 Å². The van der Waals surface area contributed by atoms with Crippen LogP contribution < -0.4 is 10.4 Å². The van der Waals surface area contributed by atoms with E-state index in [0.29, 0.717) is 0 Å². The highest BCUT2D eigenvalue weighted by molar-refractivity contribution is 7.99. The van der Waals surface area contributed by atoms with Gasteiger partial charge in [0, 0.05) is 0 Å². The van der Waals surface area contributed by atoms with Crippen molar-refractivity contribution in [2.24, 2.45) is 0 Å². The molecule has 0 aliphatic carbocycles. The maximum atomic E-state index is 13.9. The summed E-state index contributed by atoms with van der Waals surface area (Å²) in [4.78, 5) is 12.6. The van der Waals surface area contributed by atoms with Gasteiger partial charge in [0.1, 0.15) is 5.82 Å². The maximum absolute atomic E-state index is 13.9. The van der Waals surface area contributed by atoms with Crippen molar-refractivity contribution >= 4 is 29.0 Å². The predicted octanol–water partition coefficient (Wildman–Crippen LogP) is 4.84. The van der Waals surface area contributed by atoms with Crippen LogP contribution in [0.15, 0.2) is 94.6 Å². The van der Waals surface area contributed by atoms with Crippen LogP contribution in [0.2, 0.25) is 0 Å². The van der Waals surface area contributed by atoms with E-state index in [4.69, 9.17) is 4.42 Å². The minimum absolute atomic E-state index is 0.0507. The van der Waals surface area contributed by atoms with E-state index in [0.717, 1.165) is 23.1 Å². The predicted molar refractivity (Wildman–Crippen MR) is 114 cm³/mol. The van der Waals surface area contributed by atoms with Gasteiger partial charge in [0.15, 0.2) is 0 Å². The highest BCUT2D eigenvalue weighted by atomic mass is 32.2. The van der Waals surface area contributed by atoms with Crippen LogP contribution in [0.3, 0.4) is 0 Å². The van der Waals surface area contributed by atoms with E-state index in [9.17, 15) is 9.18 Å². The third-order valence-corrected chi connectivity index (χ3v) is 4.92. The van der Waals surface area contributed by atoms with E-state index < -0.39 is 5.82 Å². The number of hydrogen-bond acceptors (Lipinski definition) is 6. The zero-order valence-corrected chi connectivity index (χ0v) is 16.6. The summed E-state index contributed by atoms with van der Waals surface area (Å²) in [7, 11) is 0. The van der Waals surface area contributed by atoms with Crippen molar-refractivity contribution in [3.8, 4) is 11.5 Å². The van der Waals surface area contributed by atoms with Crippen LogP contribution in [0.25, 0.3) is 11.5 Å². The molecule has 6 nitrogen and oxygen atoms in total. The lowest BCUT2D eigenvalue weighted by Gasteiger charge is -2.25. The molecule has 150 valence electrons. The molecule has 0 atom stereocenters. The molecule has 0 fully saturated rings. The van der Waals surface area contributed by atoms with Crippen LogP contribution in [-0.2, 0) is 4.79 Å². The number of amides is 1. The SMILES string of the molecule is O=C(CSc1nnc(-c2ccccc2F)o1)NN(c1ccccc1)c1ccccc1. The largest absolute Gasteiger partial charge is 0.411 e. The second-order valence-corrected chi connectivity index (χ2v) is 7.11. The minimum Gasteiger partial charge on any atom is -0.411 e. The number of anilines is 2. The van der Waals surface area contributed by atoms with Gasteiger partial charge in [-0.25, -0.2) is 4.39 Å². The van der Waals surface area contributed by atoms with Gasteiger partial charge in [-0.05, 0) is 36.4 Å². The maximum Gasteiger partial charge on any atom is 0.277 e. The Kier molecular flexibility index (Phi) is 6.05. The molecule has 0 saturated heterocycles. The van der Waals surface area contributed by atoms with Crippen molar-refractivity contribution in [2.75, 3.05) is 10.8 Å². The fraction of sp³-hybridized carbons (Fsp3) is 0.0455. The van der Waals surface area contributed by atoms with Crippen molar-refractivity contribution < 1.29 is 13.6 Å². The molecule has 0 aliphatic heterocycles. The summed E-state index contributed by atoms with van der Waals surface area (Å²) in [5.74, 6) is -0.573. The van der Waals surface area contributed by atoms with Gasteiger partial charge >= 0.3 is 0 Å². The lowest BCUT2D eigenvalue weighted by Crippen LogP contribution is -2.39. The third kappa shape index (κ3) is 4.66. The topological polar surface area (TPSA) is 71.3 Å². The number of hydrogen-bond donors (Lipinski definition) is 1. The third-order valence-electron chi connectivity index (χ3n) is 4.10. The minimum atomic E-state index is -0.447. The van der Waals surface area contributed by atoms with Gasteiger partial charge < -0.3 is 4.42 Å². The Morgan fingerprint density at radius 2 is 1.50 bits per heavy atom. The highest BCUT2D eigenvalue weighted by Gasteiger charge is 2.16. The van der Waals surface area contributed by atoms with Crippen molar-refractivity contribution in [2.45, 2.75) is 5.22 Å². The Hall–Kier alpha value is -3.65. The van der Waals surface area contributed by atoms with Gasteiger partial charge in [-0.2, -0.15) is 0 Å². The van der Waals surface area contributed by atoms with E-state index in [1.54, 1.807) is 23.2 Å². The number of rotatable bonds is 7. The molecule has 4 aromatic rings. The van der Waals surface area contributed by atoms with Crippen LogP contribution in [0.5, 0.6) is 0 Å². The number of carbonyl (C=O) groups is 1. The molecular formula is C22H17FN4O2S. The molecular weight excluding hydrogens is 403 g/mol. The van der Waals surface area contributed by atoms with E-state index in [-0.39, 0.29) is 28.3 Å². The first-order valence-electron chi connectivity index (χ1n) is 9.11. The van der Waals surface area contributed by atoms with Crippen LogP contribution in [0.1, 0.15) is 0 Å². The number of thioether (sulfide) groups is 1. The lowest BCUT2D eigenvalue weighted by molar-refractivity contribution is -0.118. The highest BCUT2D eigenvalue weighted by Crippen LogP contribution is 2.26. The smallest absolute Gasteiger partial charge is 0.277 e. The molecule has 0 aliphatic rings. The van der Waals surface area contributed by atoms with Gasteiger partial charge in [0.05, 0.1) is 22.7 Å². The van der Waals surface area contributed by atoms with E-state index >= 15 is 0 Å². The first kappa shape index (κ1) is 19.7. The second kappa shape index (κ2) is 9.23. The van der Waals surface area contributed by atoms with Gasteiger partial charge in [-0.15, -0.1) is 10.2 Å². The van der Waals surface area contributed by atoms with Crippen LogP contribution in [-0.4, -0.2) is 21.9 Å². The standard InChI is InChI=1S/C22H17FN4O2S/c23-19-14-8-7-13-18(19)21-24-25-22(29-21)30-15-20(28)26-27(16-9-3-1-4-10-16)17-11-5-2-6-12-17/h1-14H,15H2,(H,26,28). The second-order valence-electron chi connectivity index (χ2n) is 6.18. The van der Waals surface area contributed by atoms with Crippen LogP contribution >= 0.6 is 11.8 Å². The fourth-order valence-electron chi connectivity index (χ4n) is 2.73. The number of carbonyl (C=O) groups excluding carboxylic acids is 1. The van der Waals surface area contributed by atoms with Crippen molar-refractivity contribution in [1.29, 1.82) is 0 Å². The number of hydrazine groups is 1. The zero-order valence-electron chi connectivity index (χ0n) is 15.7. The molecule has 0 unspecified atom stereocenters. The molecule has 1 aromatic heterocycles. The first-order chi connectivity index (χ1) is 14.7. The summed E-state index contributed by atoms with van der Waals surface area (Å²) in [5, 5.41) is 9.65. The molecule has 0 spiro atoms. The van der Waals surface area contributed by atoms with Gasteiger partial charge in [-0.3, -0.25) is 15.2 Å². The average Bonchev–Trinajstić information content (AvgIpc) is 3.26. The summed E-state index contributed by atoms with van der Waals surface area (Å²) < 4.78 is 19.3. The molecule has 0 saturated carbocycles. The molecule has 1 N–H and O–H groups in total. The Labute approximate surface area is 176 Å². The molecule has 0 radical (unpaired) electrons. The molecule has 1 heterocycles. The molecule has 4 rings (SSSR count). The quantitative estimate of drug-likeness (QED) is 0.341. The van der Waals surface area contributed by atoms with Gasteiger partial charge in [-0.1, -0.05) is 60.3 Å². The van der Waals surface area contributed by atoms with Gasteiger partial charge in [0.25, 0.3) is 11.1 Å². The molecule has 3 aromatic carbocycles. The fourth-order valence-corrected chi connectivity index (χ4v) is 3.28. The Bertz CT molecular complexity index is 1080. The molecule has 8 heteroatoms. The van der Waals surface area contributed by atoms with Crippen molar-refractivity contribution in [3.63, 3.8) is 0 Å². The summed E-state index contributed by atoms with van der Waals surface area (Å²) in [6.07, 6.45) is 0. The number of nitrogens with zero attached hydrogens (tertiary/aromatic N) is 3. The summed E-state index contributed by atoms with van der Waals surface area (Å²) in [6, 6.07) is 25.2. The number of benzene rings is 3. The summed E-state index contributed by atoms with van der Waals surface area (Å²) in [6.45, 7) is 0. The first-order valence-corrected chi connectivity index (χ1v) is 10.1. The molecule has 0 bridgehead atoms. The zero-order chi connectivity index (χ0) is 20.8.